The number of para-hydroxylation sites is 2. The molecule has 0 amide bonds. The van der Waals surface area contributed by atoms with E-state index < -0.39 is 0 Å². The minimum atomic E-state index is 0.594. The fourth-order valence-electron chi connectivity index (χ4n) is 7.54. The number of rotatable bonds is 4. The monoisotopic (exact) mass is 654 g/mol. The second kappa shape index (κ2) is 10.7. The van der Waals surface area contributed by atoms with Crippen LogP contribution in [0, 0.1) is 0 Å². The number of aromatic nitrogens is 4. The number of hydrogen-bond acceptors (Lipinski definition) is 5. The SMILES string of the molecule is c1ccc(-c2nc(-c3ccccc3)nc(-c3ccc4oc5ccc6oc7ccc(-n8c9ccccc9c9ccccc98)cc7c6c5c4c3)n2)cc1. The van der Waals surface area contributed by atoms with E-state index in [0.29, 0.717) is 17.5 Å². The molecule has 11 aromatic rings. The van der Waals surface area contributed by atoms with Crippen molar-refractivity contribution in [3.05, 3.63) is 158 Å². The normalized spacial score (nSPS) is 11.9. The van der Waals surface area contributed by atoms with Crippen molar-refractivity contribution in [2.45, 2.75) is 0 Å². The van der Waals surface area contributed by atoms with Crippen LogP contribution in [0.4, 0.5) is 0 Å². The summed E-state index contributed by atoms with van der Waals surface area (Å²) in [5.41, 5.74) is 9.34. The summed E-state index contributed by atoms with van der Waals surface area (Å²) in [5, 5.41) is 6.48. The Morgan fingerprint density at radius 3 is 1.37 bits per heavy atom. The Morgan fingerprint density at radius 1 is 0.353 bits per heavy atom. The van der Waals surface area contributed by atoms with Crippen LogP contribution in [0.5, 0.6) is 0 Å². The molecular weight excluding hydrogens is 629 g/mol. The zero-order valence-corrected chi connectivity index (χ0v) is 27.1. The highest BCUT2D eigenvalue weighted by Gasteiger charge is 2.20. The first-order chi connectivity index (χ1) is 25.3. The van der Waals surface area contributed by atoms with Crippen LogP contribution in [-0.4, -0.2) is 19.5 Å². The average Bonchev–Trinajstić information content (AvgIpc) is 3.87. The molecule has 6 heteroatoms. The molecule has 0 saturated carbocycles. The zero-order chi connectivity index (χ0) is 33.5. The molecule has 11 rings (SSSR count). The first kappa shape index (κ1) is 27.9. The fourth-order valence-corrected chi connectivity index (χ4v) is 7.54. The smallest absolute Gasteiger partial charge is 0.164 e. The molecule has 4 aromatic heterocycles. The number of benzene rings is 7. The summed E-state index contributed by atoms with van der Waals surface area (Å²) >= 11 is 0. The molecule has 0 aliphatic carbocycles. The first-order valence-electron chi connectivity index (χ1n) is 16.9. The van der Waals surface area contributed by atoms with Gasteiger partial charge < -0.3 is 13.4 Å². The van der Waals surface area contributed by atoms with Gasteiger partial charge >= 0.3 is 0 Å². The highest BCUT2D eigenvalue weighted by Crippen LogP contribution is 2.42. The van der Waals surface area contributed by atoms with Crippen LogP contribution in [0.2, 0.25) is 0 Å². The molecular formula is C45H26N4O2. The van der Waals surface area contributed by atoms with Gasteiger partial charge in [-0.3, -0.25) is 0 Å². The van der Waals surface area contributed by atoms with E-state index in [1.165, 1.54) is 10.8 Å². The Hall–Kier alpha value is -7.05. The molecule has 0 bridgehead atoms. The number of furan rings is 2. The number of nitrogens with zero attached hydrogens (tertiary/aromatic N) is 4. The molecule has 238 valence electrons. The molecule has 0 aliphatic rings. The summed E-state index contributed by atoms with van der Waals surface area (Å²) in [6.07, 6.45) is 0. The second-order valence-electron chi connectivity index (χ2n) is 12.8. The van der Waals surface area contributed by atoms with Crippen molar-refractivity contribution in [3.63, 3.8) is 0 Å². The minimum Gasteiger partial charge on any atom is -0.456 e. The summed E-state index contributed by atoms with van der Waals surface area (Å²) in [7, 11) is 0. The van der Waals surface area contributed by atoms with E-state index in [-0.39, 0.29) is 0 Å². The van der Waals surface area contributed by atoms with Crippen molar-refractivity contribution in [2.24, 2.45) is 0 Å². The zero-order valence-electron chi connectivity index (χ0n) is 27.1. The lowest BCUT2D eigenvalue weighted by Crippen LogP contribution is -2.00. The van der Waals surface area contributed by atoms with Gasteiger partial charge in [-0.15, -0.1) is 0 Å². The summed E-state index contributed by atoms with van der Waals surface area (Å²) in [6, 6.07) is 53.8. The van der Waals surface area contributed by atoms with Gasteiger partial charge in [0.05, 0.1) is 11.0 Å². The van der Waals surface area contributed by atoms with Crippen molar-refractivity contribution in [2.75, 3.05) is 0 Å². The molecule has 4 heterocycles. The van der Waals surface area contributed by atoms with Gasteiger partial charge in [-0.25, -0.2) is 15.0 Å². The van der Waals surface area contributed by atoms with Gasteiger partial charge in [-0.1, -0.05) is 97.1 Å². The Kier molecular flexibility index (Phi) is 5.86. The predicted octanol–water partition coefficient (Wildman–Crippen LogP) is 11.8. The van der Waals surface area contributed by atoms with Gasteiger partial charge in [0.2, 0.25) is 0 Å². The maximum absolute atomic E-state index is 6.49. The van der Waals surface area contributed by atoms with E-state index in [2.05, 4.69) is 77.4 Å². The van der Waals surface area contributed by atoms with E-state index in [9.17, 15) is 0 Å². The highest BCUT2D eigenvalue weighted by atomic mass is 16.3. The molecule has 0 spiro atoms. The van der Waals surface area contributed by atoms with E-state index in [1.54, 1.807) is 0 Å². The second-order valence-corrected chi connectivity index (χ2v) is 12.8. The van der Waals surface area contributed by atoms with E-state index >= 15 is 0 Å². The fraction of sp³-hybridized carbons (Fsp3) is 0. The van der Waals surface area contributed by atoms with Crippen LogP contribution in [-0.2, 0) is 0 Å². The summed E-state index contributed by atoms with van der Waals surface area (Å²) in [6.45, 7) is 0. The first-order valence-corrected chi connectivity index (χ1v) is 16.9. The van der Waals surface area contributed by atoms with Gasteiger partial charge in [0.15, 0.2) is 17.5 Å². The van der Waals surface area contributed by atoms with Gasteiger partial charge in [-0.05, 0) is 60.7 Å². The minimum absolute atomic E-state index is 0.594. The third-order valence-electron chi connectivity index (χ3n) is 9.85. The van der Waals surface area contributed by atoms with Crippen molar-refractivity contribution >= 4 is 65.7 Å². The Labute approximate surface area is 290 Å². The van der Waals surface area contributed by atoms with Crippen molar-refractivity contribution in [1.29, 1.82) is 0 Å². The Bertz CT molecular complexity index is 3030. The van der Waals surface area contributed by atoms with Crippen molar-refractivity contribution < 1.29 is 8.83 Å². The molecule has 0 fully saturated rings. The third-order valence-corrected chi connectivity index (χ3v) is 9.85. The van der Waals surface area contributed by atoms with E-state index in [0.717, 1.165) is 77.3 Å². The van der Waals surface area contributed by atoms with Gasteiger partial charge in [0, 0.05) is 54.7 Å². The maximum atomic E-state index is 6.49. The highest BCUT2D eigenvalue weighted by molar-refractivity contribution is 6.26. The molecule has 0 unspecified atom stereocenters. The lowest BCUT2D eigenvalue weighted by molar-refractivity contribution is 0.663. The Balaban J connectivity index is 1.15. The molecule has 0 radical (unpaired) electrons. The Morgan fingerprint density at radius 2 is 0.804 bits per heavy atom. The van der Waals surface area contributed by atoms with Gasteiger partial charge in [0.1, 0.15) is 22.3 Å². The third kappa shape index (κ3) is 4.26. The molecule has 0 N–H and O–H groups in total. The predicted molar refractivity (Wildman–Crippen MR) is 205 cm³/mol. The van der Waals surface area contributed by atoms with Gasteiger partial charge in [-0.2, -0.15) is 0 Å². The lowest BCUT2D eigenvalue weighted by atomic mass is 10.0. The molecule has 6 nitrogen and oxygen atoms in total. The maximum Gasteiger partial charge on any atom is 0.164 e. The molecule has 0 saturated heterocycles. The topological polar surface area (TPSA) is 69.9 Å². The van der Waals surface area contributed by atoms with Crippen molar-refractivity contribution in [1.82, 2.24) is 19.5 Å². The van der Waals surface area contributed by atoms with Crippen LogP contribution >= 0.6 is 0 Å². The van der Waals surface area contributed by atoms with Crippen LogP contribution in [0.15, 0.2) is 167 Å². The average molecular weight is 655 g/mol. The van der Waals surface area contributed by atoms with Crippen LogP contribution in [0.1, 0.15) is 0 Å². The molecule has 51 heavy (non-hydrogen) atoms. The van der Waals surface area contributed by atoms with E-state index in [4.69, 9.17) is 23.8 Å². The van der Waals surface area contributed by atoms with Crippen LogP contribution in [0.25, 0.3) is 106 Å². The number of hydrogen-bond donors (Lipinski definition) is 0. The van der Waals surface area contributed by atoms with Gasteiger partial charge in [0.25, 0.3) is 0 Å². The largest absolute Gasteiger partial charge is 0.456 e. The lowest BCUT2D eigenvalue weighted by Gasteiger charge is -2.08. The molecule has 7 aromatic carbocycles. The summed E-state index contributed by atoms with van der Waals surface area (Å²) in [5.74, 6) is 1.84. The quantitative estimate of drug-likeness (QED) is 0.189. The molecule has 0 aliphatic heterocycles. The van der Waals surface area contributed by atoms with Crippen LogP contribution < -0.4 is 0 Å². The van der Waals surface area contributed by atoms with Crippen LogP contribution in [0.3, 0.4) is 0 Å². The summed E-state index contributed by atoms with van der Waals surface area (Å²) < 4.78 is 15.3. The van der Waals surface area contributed by atoms with Crippen molar-refractivity contribution in [3.8, 4) is 39.9 Å². The standard InChI is InChI=1S/C45H26N4O2/c1-3-11-27(12-4-1)43-46-44(28-13-5-2-6-14-28)48-45(47-43)29-19-21-37-33(25-29)41-39(50-37)23-24-40-42(41)34-26-30(20-22-38(34)51-40)49-35-17-9-7-15-31(35)32-16-8-10-18-36(32)49/h1-26H. The molecule has 0 atom stereocenters. The summed E-state index contributed by atoms with van der Waals surface area (Å²) in [4.78, 5) is 14.9. The van der Waals surface area contributed by atoms with E-state index in [1.807, 2.05) is 84.9 Å². The number of fused-ring (bicyclic) bond motifs is 10.